The molecular formula is C18H31O4P. The Balaban J connectivity index is 3.29. The first-order chi connectivity index (χ1) is 11.2. The fourth-order valence-electron chi connectivity index (χ4n) is 2.21. The molecule has 0 N–H and O–H groups in total. The van der Waals surface area contributed by atoms with Crippen LogP contribution in [0.1, 0.15) is 84.0 Å². The summed E-state index contributed by atoms with van der Waals surface area (Å²) in [7, 11) is -3.05. The third-order valence-electron chi connectivity index (χ3n) is 3.51. The Bertz CT molecular complexity index is 403. The number of rotatable bonds is 15. The summed E-state index contributed by atoms with van der Waals surface area (Å²) in [6.45, 7) is 2.22. The molecule has 132 valence electrons. The Morgan fingerprint density at radius 2 is 1.39 bits per heavy atom. The van der Waals surface area contributed by atoms with Crippen LogP contribution in [-0.2, 0) is 18.4 Å². The lowest BCUT2D eigenvalue weighted by Gasteiger charge is -1.99. The lowest BCUT2D eigenvalue weighted by Crippen LogP contribution is -1.96. The minimum absolute atomic E-state index is 0.188. The molecule has 4 nitrogen and oxygen atoms in total. The van der Waals surface area contributed by atoms with Gasteiger partial charge in [-0.05, 0) is 38.5 Å². The number of unbranched alkanes of at least 4 members (excludes halogenated alkanes) is 8. The minimum atomic E-state index is -3.05. The Morgan fingerprint density at radius 3 is 2.00 bits per heavy atom. The van der Waals surface area contributed by atoms with E-state index in [0.29, 0.717) is 6.42 Å². The minimum Gasteiger partial charge on any atom is -0.352 e. The second-order valence-electron chi connectivity index (χ2n) is 5.67. The van der Waals surface area contributed by atoms with Gasteiger partial charge in [-0.1, -0.05) is 63.3 Å². The van der Waals surface area contributed by atoms with Crippen LogP contribution in [0.3, 0.4) is 0 Å². The monoisotopic (exact) mass is 342 g/mol. The molecule has 0 unspecified atom stereocenters. The topological polar surface area (TPSA) is 60.4 Å². The average molecular weight is 342 g/mol. The second kappa shape index (κ2) is 17.2. The van der Waals surface area contributed by atoms with Gasteiger partial charge in [-0.2, -0.15) is 9.13 Å². The van der Waals surface area contributed by atoms with E-state index in [1.807, 2.05) is 0 Å². The maximum atomic E-state index is 11.0. The highest BCUT2D eigenvalue weighted by Gasteiger charge is 2.04. The Kier molecular flexibility index (Phi) is 16.3. The molecule has 0 saturated heterocycles. The van der Waals surface area contributed by atoms with Crippen molar-refractivity contribution in [3.8, 4) is 0 Å². The highest BCUT2D eigenvalue weighted by molar-refractivity contribution is 7.25. The molecule has 0 aliphatic carbocycles. The predicted octanol–water partition coefficient (Wildman–Crippen LogP) is 6.43. The fourth-order valence-corrected chi connectivity index (χ4v) is 2.47. The van der Waals surface area contributed by atoms with E-state index in [2.05, 4.69) is 35.8 Å². The molecule has 0 atom stereocenters. The summed E-state index contributed by atoms with van der Waals surface area (Å²) in [5.41, 5.74) is 0. The van der Waals surface area contributed by atoms with Gasteiger partial charge in [-0.25, -0.2) is 0 Å². The van der Waals surface area contributed by atoms with Crippen molar-refractivity contribution >= 4 is 13.9 Å². The Labute approximate surface area is 141 Å². The van der Waals surface area contributed by atoms with Gasteiger partial charge in [0, 0.05) is 6.42 Å². The summed E-state index contributed by atoms with van der Waals surface area (Å²) in [5, 5.41) is 0. The number of hydrogen-bond donors (Lipinski definition) is 0. The van der Waals surface area contributed by atoms with Crippen molar-refractivity contribution in [1.29, 1.82) is 0 Å². The number of allylic oxidation sites excluding steroid dienone is 4. The van der Waals surface area contributed by atoms with Crippen molar-refractivity contribution in [2.75, 3.05) is 0 Å². The van der Waals surface area contributed by atoms with E-state index in [0.717, 1.165) is 38.5 Å². The van der Waals surface area contributed by atoms with Gasteiger partial charge < -0.3 is 4.52 Å². The van der Waals surface area contributed by atoms with Gasteiger partial charge in [0.15, 0.2) is 0 Å². The van der Waals surface area contributed by atoms with Crippen LogP contribution in [0.15, 0.2) is 24.3 Å². The van der Waals surface area contributed by atoms with E-state index < -0.39 is 13.9 Å². The maximum Gasteiger partial charge on any atom is 0.531 e. The molecule has 5 heteroatoms. The third-order valence-corrected chi connectivity index (χ3v) is 3.86. The van der Waals surface area contributed by atoms with Crippen LogP contribution in [0.25, 0.3) is 0 Å². The van der Waals surface area contributed by atoms with Crippen LogP contribution < -0.4 is 0 Å². The molecule has 0 fully saturated rings. The van der Waals surface area contributed by atoms with E-state index in [1.165, 1.54) is 25.7 Å². The molecule has 0 heterocycles. The van der Waals surface area contributed by atoms with Crippen molar-refractivity contribution in [1.82, 2.24) is 0 Å². The molecule has 23 heavy (non-hydrogen) atoms. The van der Waals surface area contributed by atoms with Gasteiger partial charge in [-0.3, -0.25) is 4.79 Å². The highest BCUT2D eigenvalue weighted by atomic mass is 31.1. The second-order valence-corrected chi connectivity index (χ2v) is 6.30. The van der Waals surface area contributed by atoms with Crippen molar-refractivity contribution < 1.29 is 18.4 Å². The summed E-state index contributed by atoms with van der Waals surface area (Å²) in [6, 6.07) is 0. The molecule has 0 spiro atoms. The zero-order chi connectivity index (χ0) is 17.2. The van der Waals surface area contributed by atoms with Crippen LogP contribution in [0.2, 0.25) is 0 Å². The molecule has 0 aromatic rings. The van der Waals surface area contributed by atoms with E-state index >= 15 is 0 Å². The molecule has 0 aromatic carbocycles. The molecule has 0 aliphatic rings. The Hall–Kier alpha value is -1.15. The lowest BCUT2D eigenvalue weighted by atomic mass is 10.1. The molecular weight excluding hydrogens is 311 g/mol. The molecule has 0 bridgehead atoms. The van der Waals surface area contributed by atoms with Gasteiger partial charge in [-0.15, -0.1) is 0 Å². The molecule has 0 aliphatic heterocycles. The number of hydrogen-bond acceptors (Lipinski definition) is 4. The van der Waals surface area contributed by atoms with Gasteiger partial charge in [0.1, 0.15) is 0 Å². The van der Waals surface area contributed by atoms with Gasteiger partial charge in [0.25, 0.3) is 0 Å². The van der Waals surface area contributed by atoms with E-state index in [1.54, 1.807) is 0 Å². The third kappa shape index (κ3) is 18.8. The van der Waals surface area contributed by atoms with Crippen molar-refractivity contribution in [3.63, 3.8) is 0 Å². The highest BCUT2D eigenvalue weighted by Crippen LogP contribution is 2.12. The van der Waals surface area contributed by atoms with E-state index in [-0.39, 0.29) is 6.42 Å². The number of carbonyl (C=O) groups excluding carboxylic acids is 1. The van der Waals surface area contributed by atoms with Crippen LogP contribution in [0.4, 0.5) is 0 Å². The SMILES string of the molecule is CCCCC/C=C\C/C=C\CCCCCCCC(=O)OP(=O)=O. The zero-order valence-corrected chi connectivity index (χ0v) is 15.3. The average Bonchev–Trinajstić information content (AvgIpc) is 2.50. The van der Waals surface area contributed by atoms with E-state index in [9.17, 15) is 13.9 Å². The van der Waals surface area contributed by atoms with Gasteiger partial charge >= 0.3 is 13.9 Å². The first kappa shape index (κ1) is 21.9. The quantitative estimate of drug-likeness (QED) is 0.195. The summed E-state index contributed by atoms with van der Waals surface area (Å²) >= 11 is 0. The standard InChI is InChI=1S/C18H31O4P/c1-2-3-4-5-6-7-8-9-10-11-12-13-14-15-16-17-18(19)22-23(20)21/h6-7,9-10H,2-5,8,11-17H2,1H3/b7-6-,10-9-. The lowest BCUT2D eigenvalue weighted by molar-refractivity contribution is -0.134. The molecule has 0 aromatic heterocycles. The fraction of sp³-hybridized carbons (Fsp3) is 0.722. The normalized spacial score (nSPS) is 11.3. The summed E-state index contributed by atoms with van der Waals surface area (Å²) in [6.07, 6.45) is 21.4. The van der Waals surface area contributed by atoms with Crippen LogP contribution in [0, 0.1) is 0 Å². The van der Waals surface area contributed by atoms with Crippen molar-refractivity contribution in [2.45, 2.75) is 84.0 Å². The molecule has 0 amide bonds. The largest absolute Gasteiger partial charge is 0.531 e. The molecule has 0 saturated carbocycles. The summed E-state index contributed by atoms with van der Waals surface area (Å²) in [4.78, 5) is 11.0. The maximum absolute atomic E-state index is 11.0. The summed E-state index contributed by atoms with van der Waals surface area (Å²) in [5.74, 6) is -0.646. The number of carbonyl (C=O) groups is 1. The van der Waals surface area contributed by atoms with E-state index in [4.69, 9.17) is 0 Å². The van der Waals surface area contributed by atoms with Gasteiger partial charge in [0.2, 0.25) is 0 Å². The molecule has 0 radical (unpaired) electrons. The van der Waals surface area contributed by atoms with Crippen LogP contribution in [0.5, 0.6) is 0 Å². The van der Waals surface area contributed by atoms with Gasteiger partial charge in [0.05, 0.1) is 0 Å². The zero-order valence-electron chi connectivity index (χ0n) is 14.4. The van der Waals surface area contributed by atoms with Crippen molar-refractivity contribution in [3.05, 3.63) is 24.3 Å². The van der Waals surface area contributed by atoms with Crippen LogP contribution >= 0.6 is 7.91 Å². The Morgan fingerprint density at radius 1 is 0.826 bits per heavy atom. The predicted molar refractivity (Wildman–Crippen MR) is 93.7 cm³/mol. The first-order valence-corrected chi connectivity index (χ1v) is 9.91. The summed E-state index contributed by atoms with van der Waals surface area (Å²) < 4.78 is 24.4. The first-order valence-electron chi connectivity index (χ1n) is 8.82. The van der Waals surface area contributed by atoms with Crippen molar-refractivity contribution in [2.24, 2.45) is 0 Å². The van der Waals surface area contributed by atoms with Crippen LogP contribution in [-0.4, -0.2) is 5.97 Å². The smallest absolute Gasteiger partial charge is 0.352 e. The molecule has 0 rings (SSSR count).